The van der Waals surface area contributed by atoms with E-state index in [2.05, 4.69) is 25.2 Å². The fraction of sp³-hybridized carbons (Fsp3) is 0.435. The molecule has 4 aromatic rings. The van der Waals surface area contributed by atoms with Gasteiger partial charge < -0.3 is 15.2 Å². The van der Waals surface area contributed by atoms with Crippen LogP contribution >= 0.6 is 11.3 Å². The van der Waals surface area contributed by atoms with Crippen LogP contribution in [0.2, 0.25) is 0 Å². The summed E-state index contributed by atoms with van der Waals surface area (Å²) in [6, 6.07) is 7.85. The lowest BCUT2D eigenvalue weighted by atomic mass is 9.65. The molecule has 4 heterocycles. The van der Waals surface area contributed by atoms with Gasteiger partial charge in [-0.15, -0.1) is 11.3 Å². The smallest absolute Gasteiger partial charge is 0.382 e. The van der Waals surface area contributed by atoms with Crippen molar-refractivity contribution >= 4 is 44.1 Å². The Kier molecular flexibility index (Phi) is 4.71. The number of thiophene rings is 1. The van der Waals surface area contributed by atoms with E-state index >= 15 is 0 Å². The first kappa shape index (κ1) is 21.5. The molecular formula is C23H25F3N6OS. The maximum absolute atomic E-state index is 12.9. The summed E-state index contributed by atoms with van der Waals surface area (Å²) in [5, 5.41) is 4.29. The number of alkyl halides is 3. The number of H-pyrrole nitrogens is 1. The van der Waals surface area contributed by atoms with Crippen molar-refractivity contribution in [1.29, 1.82) is 0 Å². The van der Waals surface area contributed by atoms with Crippen molar-refractivity contribution in [2.75, 3.05) is 23.3 Å². The predicted molar refractivity (Wildman–Crippen MR) is 129 cm³/mol. The molecule has 6 rings (SSSR count). The van der Waals surface area contributed by atoms with Crippen LogP contribution in [0.4, 0.5) is 24.7 Å². The van der Waals surface area contributed by atoms with Crippen LogP contribution in [0.15, 0.2) is 35.4 Å². The highest BCUT2D eigenvalue weighted by atomic mass is 32.1. The Bertz CT molecular complexity index is 1460. The number of imidazole rings is 1. The second-order valence-electron chi connectivity index (χ2n) is 9.56. The molecule has 1 aliphatic carbocycles. The molecule has 0 radical (unpaired) electrons. The Balaban J connectivity index is 0.00000253. The fourth-order valence-corrected chi connectivity index (χ4v) is 6.55. The van der Waals surface area contributed by atoms with Crippen LogP contribution in [0.5, 0.6) is 0 Å². The predicted octanol–water partition coefficient (Wildman–Crippen LogP) is 4.69. The summed E-state index contributed by atoms with van der Waals surface area (Å²) in [4.78, 5) is 26.4. The van der Waals surface area contributed by atoms with Crippen molar-refractivity contribution in [3.8, 4) is 0 Å². The van der Waals surface area contributed by atoms with Crippen molar-refractivity contribution < 1.29 is 14.6 Å². The van der Waals surface area contributed by atoms with Crippen molar-refractivity contribution in [3.63, 3.8) is 0 Å². The lowest BCUT2D eigenvalue weighted by molar-refractivity contribution is -0.126. The molecule has 0 atom stereocenters. The van der Waals surface area contributed by atoms with Crippen molar-refractivity contribution in [2.24, 2.45) is 12.5 Å². The van der Waals surface area contributed by atoms with Crippen molar-refractivity contribution in [3.05, 3.63) is 46.0 Å². The summed E-state index contributed by atoms with van der Waals surface area (Å²) in [6.07, 6.45) is -0.658. The summed E-state index contributed by atoms with van der Waals surface area (Å²) in [6.45, 7) is 1.67. The zero-order chi connectivity index (χ0) is 23.7. The number of halogens is 3. The van der Waals surface area contributed by atoms with Gasteiger partial charge in [0.25, 0.3) is 0 Å². The van der Waals surface area contributed by atoms with Gasteiger partial charge in [-0.05, 0) is 48.9 Å². The average Bonchev–Trinajstić information content (AvgIpc) is 3.42. The van der Waals surface area contributed by atoms with E-state index in [0.717, 1.165) is 66.2 Å². The number of fused-ring (bicyclic) bond motifs is 2. The minimum absolute atomic E-state index is 0. The Morgan fingerprint density at radius 2 is 2.12 bits per heavy atom. The van der Waals surface area contributed by atoms with Gasteiger partial charge in [0, 0.05) is 38.2 Å². The number of aromatic nitrogens is 4. The summed E-state index contributed by atoms with van der Waals surface area (Å²) in [7, 11) is 1.74. The third-order valence-electron chi connectivity index (χ3n) is 7.11. The van der Waals surface area contributed by atoms with E-state index in [4.69, 9.17) is 0 Å². The summed E-state index contributed by atoms with van der Waals surface area (Å²) in [5.74, 6) is 0.737. The number of hydrogen-bond acceptors (Lipinski definition) is 6. The maximum Gasteiger partial charge on any atom is 0.393 e. The highest BCUT2D eigenvalue weighted by Crippen LogP contribution is 2.50. The summed E-state index contributed by atoms with van der Waals surface area (Å²) >= 11 is 1.09. The monoisotopic (exact) mass is 490 g/mol. The number of benzene rings is 1. The van der Waals surface area contributed by atoms with E-state index in [9.17, 15) is 18.0 Å². The average molecular weight is 491 g/mol. The molecule has 0 amide bonds. The first-order valence-electron chi connectivity index (χ1n) is 11.2. The number of anilines is 2. The zero-order valence-corrected chi connectivity index (χ0v) is 19.3. The molecule has 1 spiro atoms. The molecule has 34 heavy (non-hydrogen) atoms. The Labute approximate surface area is 198 Å². The minimum Gasteiger partial charge on any atom is -0.382 e. The van der Waals surface area contributed by atoms with Gasteiger partial charge in [0.1, 0.15) is 17.0 Å². The molecule has 180 valence electrons. The number of aromatic amines is 1. The molecule has 2 N–H and O–H groups in total. The van der Waals surface area contributed by atoms with Crippen LogP contribution < -0.4 is 15.9 Å². The van der Waals surface area contributed by atoms with Crippen LogP contribution in [-0.4, -0.2) is 44.8 Å². The van der Waals surface area contributed by atoms with Gasteiger partial charge in [-0.25, -0.2) is 14.8 Å². The second-order valence-corrected chi connectivity index (χ2v) is 10.7. The van der Waals surface area contributed by atoms with Gasteiger partial charge >= 0.3 is 11.9 Å². The third-order valence-corrected chi connectivity index (χ3v) is 8.15. The van der Waals surface area contributed by atoms with E-state index in [1.165, 1.54) is 6.33 Å². The number of nitrogens with one attached hydrogen (secondary N) is 2. The maximum atomic E-state index is 12.9. The van der Waals surface area contributed by atoms with E-state index in [0.29, 0.717) is 16.3 Å². The molecule has 3 aromatic heterocycles. The fourth-order valence-electron chi connectivity index (χ4n) is 5.53. The molecule has 1 aliphatic heterocycles. The van der Waals surface area contributed by atoms with Gasteiger partial charge in [-0.3, -0.25) is 4.57 Å². The summed E-state index contributed by atoms with van der Waals surface area (Å²) in [5.41, 5.74) is 2.72. The number of hydrogen-bond donors (Lipinski definition) is 2. The number of rotatable bonds is 4. The molecule has 0 unspecified atom stereocenters. The van der Waals surface area contributed by atoms with Gasteiger partial charge in [-0.1, -0.05) is 0 Å². The van der Waals surface area contributed by atoms with Crippen LogP contribution in [0.25, 0.3) is 21.3 Å². The highest BCUT2D eigenvalue weighted by molar-refractivity contribution is 7.18. The van der Waals surface area contributed by atoms with Gasteiger partial charge in [-0.2, -0.15) is 13.2 Å². The quantitative estimate of drug-likeness (QED) is 0.434. The highest BCUT2D eigenvalue weighted by Gasteiger charge is 2.49. The molecule has 7 nitrogen and oxygen atoms in total. The van der Waals surface area contributed by atoms with Crippen LogP contribution in [-0.2, 0) is 13.5 Å². The summed E-state index contributed by atoms with van der Waals surface area (Å²) < 4.78 is 40.1. The van der Waals surface area contributed by atoms with Gasteiger partial charge in [0.2, 0.25) is 0 Å². The second kappa shape index (κ2) is 7.46. The molecule has 0 bridgehead atoms. The van der Waals surface area contributed by atoms with Crippen molar-refractivity contribution in [2.45, 2.75) is 37.9 Å². The van der Waals surface area contributed by atoms with E-state index in [1.54, 1.807) is 17.7 Å². The van der Waals surface area contributed by atoms with E-state index < -0.39 is 12.6 Å². The molecule has 2 aliphatic rings. The largest absolute Gasteiger partial charge is 0.393 e. The van der Waals surface area contributed by atoms with E-state index in [1.807, 2.05) is 18.2 Å². The minimum atomic E-state index is -4.24. The molecule has 2 fully saturated rings. The van der Waals surface area contributed by atoms with Crippen LogP contribution in [0.3, 0.4) is 0 Å². The van der Waals surface area contributed by atoms with E-state index in [-0.39, 0.29) is 17.4 Å². The van der Waals surface area contributed by atoms with Crippen molar-refractivity contribution in [1.82, 2.24) is 19.5 Å². The standard InChI is InChI=1S/C23H23F3N6OS.H2/c1-31-18-3-2-13(6-17(18)30-21(31)33)29-14-8-22(9-14)4-5-32(11-22)19-16-7-15(10-23(24,25)26)34-20(16)28-12-27-19;/h2-3,6-7,12,14,29H,4-5,8-11H2,1H3,(H,30,33);1H. The normalized spacial score (nSPS) is 22.7. The molecule has 1 saturated heterocycles. The zero-order valence-electron chi connectivity index (χ0n) is 18.4. The Hall–Kier alpha value is -3.08. The van der Waals surface area contributed by atoms with Crippen LogP contribution in [0.1, 0.15) is 25.6 Å². The molecular weight excluding hydrogens is 465 g/mol. The lowest BCUT2D eigenvalue weighted by Crippen LogP contribution is -2.46. The van der Waals surface area contributed by atoms with Crippen LogP contribution in [0, 0.1) is 5.41 Å². The Morgan fingerprint density at radius 1 is 1.29 bits per heavy atom. The molecule has 1 aromatic carbocycles. The van der Waals surface area contributed by atoms with Gasteiger partial charge in [0.05, 0.1) is 22.8 Å². The first-order chi connectivity index (χ1) is 16.2. The topological polar surface area (TPSA) is 78.8 Å². The molecule has 11 heteroatoms. The SMILES string of the molecule is Cn1c(=O)[nH]c2cc(NC3CC4(CCN(c5ncnc6sc(CC(F)(F)F)cc56)C4)C3)ccc21.[HH]. The Morgan fingerprint density at radius 3 is 2.91 bits per heavy atom. The molecule has 1 saturated carbocycles. The van der Waals surface area contributed by atoms with Gasteiger partial charge in [0.15, 0.2) is 0 Å². The lowest BCUT2D eigenvalue weighted by Gasteiger charge is -2.46. The third kappa shape index (κ3) is 3.71. The number of nitrogens with zero attached hydrogens (tertiary/aromatic N) is 4. The number of aryl methyl sites for hydroxylation is 1. The first-order valence-corrected chi connectivity index (χ1v) is 12.0.